The van der Waals surface area contributed by atoms with Crippen LogP contribution in [-0.4, -0.2) is 45.7 Å². The smallest absolute Gasteiger partial charge is 0.317 e. The van der Waals surface area contributed by atoms with Crippen LogP contribution in [0.15, 0.2) is 24.3 Å². The van der Waals surface area contributed by atoms with Gasteiger partial charge in [0.2, 0.25) is 0 Å². The predicted octanol–water partition coefficient (Wildman–Crippen LogP) is 2.82. The number of aromatic amines is 1. The fourth-order valence-corrected chi connectivity index (χ4v) is 3.38. The molecule has 24 heavy (non-hydrogen) atoms. The Morgan fingerprint density at radius 3 is 2.92 bits per heavy atom. The standard InChI is InChI=1S/C18H26N4O2/c1-12(17-20-14-8-4-5-9-15(14)21-17)19-18(24)22(2)11-13-7-3-6-10-16(13)23/h4-5,8-9,12-13,16,23H,3,6-7,10-11H2,1-2H3,(H,19,24)(H,20,21). The average Bonchev–Trinajstić information content (AvgIpc) is 3.01. The Hall–Kier alpha value is -2.08. The van der Waals surface area contributed by atoms with Crippen molar-refractivity contribution in [2.24, 2.45) is 5.92 Å². The molecule has 0 radical (unpaired) electrons. The van der Waals surface area contributed by atoms with E-state index in [-0.39, 0.29) is 24.1 Å². The van der Waals surface area contributed by atoms with Crippen molar-refractivity contribution in [3.05, 3.63) is 30.1 Å². The first-order valence-electron chi connectivity index (χ1n) is 8.69. The van der Waals surface area contributed by atoms with Crippen LogP contribution < -0.4 is 5.32 Å². The van der Waals surface area contributed by atoms with Gasteiger partial charge in [-0.3, -0.25) is 0 Å². The molecule has 1 aromatic carbocycles. The van der Waals surface area contributed by atoms with Gasteiger partial charge in [0.05, 0.1) is 23.2 Å². The summed E-state index contributed by atoms with van der Waals surface area (Å²) in [5.74, 6) is 0.923. The van der Waals surface area contributed by atoms with Crippen LogP contribution in [-0.2, 0) is 0 Å². The predicted molar refractivity (Wildman–Crippen MR) is 93.6 cm³/mol. The maximum absolute atomic E-state index is 12.4. The van der Waals surface area contributed by atoms with Crippen molar-refractivity contribution in [2.45, 2.75) is 44.8 Å². The Kier molecular flexibility index (Phi) is 5.04. The molecule has 0 bridgehead atoms. The van der Waals surface area contributed by atoms with Gasteiger partial charge in [-0.05, 0) is 31.9 Å². The monoisotopic (exact) mass is 330 g/mol. The summed E-state index contributed by atoms with van der Waals surface area (Å²) >= 11 is 0. The Morgan fingerprint density at radius 2 is 2.17 bits per heavy atom. The molecule has 3 rings (SSSR count). The molecule has 2 amide bonds. The maximum atomic E-state index is 12.4. The van der Waals surface area contributed by atoms with E-state index in [1.165, 1.54) is 0 Å². The van der Waals surface area contributed by atoms with E-state index in [1.807, 2.05) is 31.2 Å². The molecule has 3 atom stereocenters. The SMILES string of the molecule is CC(NC(=O)N(C)CC1CCCCC1O)c1nc2ccccc2[nH]1. The molecule has 3 unspecified atom stereocenters. The van der Waals surface area contributed by atoms with Crippen molar-refractivity contribution < 1.29 is 9.90 Å². The Morgan fingerprint density at radius 1 is 1.42 bits per heavy atom. The molecule has 2 aromatic rings. The second-order valence-electron chi connectivity index (χ2n) is 6.80. The van der Waals surface area contributed by atoms with Crippen LogP contribution in [0.5, 0.6) is 0 Å². The largest absolute Gasteiger partial charge is 0.393 e. The van der Waals surface area contributed by atoms with E-state index in [4.69, 9.17) is 0 Å². The van der Waals surface area contributed by atoms with E-state index in [1.54, 1.807) is 11.9 Å². The van der Waals surface area contributed by atoms with Gasteiger partial charge in [0, 0.05) is 19.5 Å². The summed E-state index contributed by atoms with van der Waals surface area (Å²) in [6.07, 6.45) is 3.75. The van der Waals surface area contributed by atoms with Crippen molar-refractivity contribution >= 4 is 17.1 Å². The van der Waals surface area contributed by atoms with Crippen LogP contribution in [0.4, 0.5) is 4.79 Å². The molecule has 1 fully saturated rings. The third-order valence-electron chi connectivity index (χ3n) is 4.88. The van der Waals surface area contributed by atoms with Crippen LogP contribution in [0.3, 0.4) is 0 Å². The van der Waals surface area contributed by atoms with E-state index in [0.29, 0.717) is 6.54 Å². The van der Waals surface area contributed by atoms with Gasteiger partial charge >= 0.3 is 6.03 Å². The molecule has 1 saturated carbocycles. The topological polar surface area (TPSA) is 81.2 Å². The molecule has 1 aliphatic rings. The van der Waals surface area contributed by atoms with Crippen LogP contribution >= 0.6 is 0 Å². The maximum Gasteiger partial charge on any atom is 0.317 e. The zero-order valence-corrected chi connectivity index (χ0v) is 14.3. The first-order chi connectivity index (χ1) is 11.5. The van der Waals surface area contributed by atoms with Gasteiger partial charge < -0.3 is 20.3 Å². The third kappa shape index (κ3) is 3.70. The molecule has 1 aromatic heterocycles. The zero-order valence-electron chi connectivity index (χ0n) is 14.3. The molecule has 6 heteroatoms. The van der Waals surface area contributed by atoms with Gasteiger partial charge in [0.1, 0.15) is 5.82 Å². The minimum absolute atomic E-state index is 0.138. The van der Waals surface area contributed by atoms with Gasteiger partial charge in [0.25, 0.3) is 0 Å². The van der Waals surface area contributed by atoms with E-state index >= 15 is 0 Å². The number of rotatable bonds is 4. The fraction of sp³-hybridized carbons (Fsp3) is 0.556. The molecular formula is C18H26N4O2. The van der Waals surface area contributed by atoms with E-state index in [2.05, 4.69) is 15.3 Å². The number of fused-ring (bicyclic) bond motifs is 1. The summed E-state index contributed by atoms with van der Waals surface area (Å²) in [6.45, 7) is 2.50. The highest BCUT2D eigenvalue weighted by Crippen LogP contribution is 2.25. The molecule has 6 nitrogen and oxygen atoms in total. The number of aliphatic hydroxyl groups is 1. The number of hydrogen-bond donors (Lipinski definition) is 3. The molecule has 0 spiro atoms. The van der Waals surface area contributed by atoms with Gasteiger partial charge in [-0.25, -0.2) is 9.78 Å². The summed E-state index contributed by atoms with van der Waals surface area (Å²) in [6, 6.07) is 7.47. The molecule has 1 heterocycles. The average molecular weight is 330 g/mol. The second-order valence-corrected chi connectivity index (χ2v) is 6.80. The van der Waals surface area contributed by atoms with Crippen molar-refractivity contribution in [2.75, 3.05) is 13.6 Å². The molecular weight excluding hydrogens is 304 g/mol. The first-order valence-corrected chi connectivity index (χ1v) is 8.69. The number of carbonyl (C=O) groups excluding carboxylic acids is 1. The minimum atomic E-state index is -0.290. The molecule has 130 valence electrons. The van der Waals surface area contributed by atoms with Crippen molar-refractivity contribution in [3.8, 4) is 0 Å². The lowest BCUT2D eigenvalue weighted by Gasteiger charge is -2.31. The van der Waals surface area contributed by atoms with Crippen molar-refractivity contribution in [3.63, 3.8) is 0 Å². The van der Waals surface area contributed by atoms with Gasteiger partial charge in [0.15, 0.2) is 0 Å². The summed E-state index contributed by atoms with van der Waals surface area (Å²) in [4.78, 5) is 21.8. The summed E-state index contributed by atoms with van der Waals surface area (Å²) in [5, 5.41) is 13.0. The number of urea groups is 1. The quantitative estimate of drug-likeness (QED) is 0.806. The molecule has 0 aliphatic heterocycles. The second kappa shape index (κ2) is 7.21. The van der Waals surface area contributed by atoms with Crippen LogP contribution in [0.25, 0.3) is 11.0 Å². The normalized spacial score (nSPS) is 22.3. The molecule has 0 saturated heterocycles. The molecule has 3 N–H and O–H groups in total. The summed E-state index contributed by atoms with van der Waals surface area (Å²) in [7, 11) is 1.78. The highest BCUT2D eigenvalue weighted by Gasteiger charge is 2.26. The Balaban J connectivity index is 1.58. The number of H-pyrrole nitrogens is 1. The number of imidazole rings is 1. The lowest BCUT2D eigenvalue weighted by molar-refractivity contribution is 0.0563. The number of aromatic nitrogens is 2. The fourth-order valence-electron chi connectivity index (χ4n) is 3.38. The van der Waals surface area contributed by atoms with Crippen LogP contribution in [0, 0.1) is 5.92 Å². The summed E-state index contributed by atoms with van der Waals surface area (Å²) < 4.78 is 0. The zero-order chi connectivity index (χ0) is 17.1. The number of benzene rings is 1. The lowest BCUT2D eigenvalue weighted by Crippen LogP contribution is -2.43. The number of nitrogens with zero attached hydrogens (tertiary/aromatic N) is 2. The Labute approximate surface area is 142 Å². The van der Waals surface area contributed by atoms with Gasteiger partial charge in [-0.1, -0.05) is 25.0 Å². The van der Waals surface area contributed by atoms with Crippen molar-refractivity contribution in [1.82, 2.24) is 20.2 Å². The van der Waals surface area contributed by atoms with E-state index in [9.17, 15) is 9.90 Å². The van der Waals surface area contributed by atoms with Crippen molar-refractivity contribution in [1.29, 1.82) is 0 Å². The van der Waals surface area contributed by atoms with E-state index < -0.39 is 0 Å². The van der Waals surface area contributed by atoms with Gasteiger partial charge in [-0.2, -0.15) is 0 Å². The highest BCUT2D eigenvalue weighted by atomic mass is 16.3. The number of hydrogen-bond acceptors (Lipinski definition) is 3. The number of amides is 2. The lowest BCUT2D eigenvalue weighted by atomic mass is 9.86. The van der Waals surface area contributed by atoms with Gasteiger partial charge in [-0.15, -0.1) is 0 Å². The number of carbonyl (C=O) groups is 1. The van der Waals surface area contributed by atoms with Crippen LogP contribution in [0.1, 0.15) is 44.5 Å². The first kappa shape index (κ1) is 16.8. The Bertz CT molecular complexity index is 666. The number of nitrogens with one attached hydrogen (secondary N) is 2. The third-order valence-corrected chi connectivity index (χ3v) is 4.88. The van der Waals surface area contributed by atoms with E-state index in [0.717, 1.165) is 42.5 Å². The number of para-hydroxylation sites is 2. The molecule has 1 aliphatic carbocycles. The number of aliphatic hydroxyl groups excluding tert-OH is 1. The van der Waals surface area contributed by atoms with Crippen LogP contribution in [0.2, 0.25) is 0 Å². The minimum Gasteiger partial charge on any atom is -0.393 e. The summed E-state index contributed by atoms with van der Waals surface area (Å²) in [5.41, 5.74) is 1.86. The highest BCUT2D eigenvalue weighted by molar-refractivity contribution is 5.76.